The largest absolute Gasteiger partial charge is 0.416 e. The molecule has 158 valence electrons. The molecule has 0 radical (unpaired) electrons. The van der Waals surface area contributed by atoms with E-state index < -0.39 is 23.5 Å². The van der Waals surface area contributed by atoms with Crippen LogP contribution in [0.1, 0.15) is 34.3 Å². The van der Waals surface area contributed by atoms with Gasteiger partial charge in [0.25, 0.3) is 5.91 Å². The monoisotopic (exact) mass is 421 g/mol. The fraction of sp³-hybridized carbons (Fsp3) is 0.333. The third-order valence-corrected chi connectivity index (χ3v) is 5.53. The van der Waals surface area contributed by atoms with Crippen LogP contribution in [-0.2, 0) is 11.0 Å². The molecule has 0 bridgehead atoms. The molecule has 1 N–H and O–H groups in total. The number of rotatable bonds is 2. The van der Waals surface area contributed by atoms with Crippen LogP contribution in [0.25, 0.3) is 0 Å². The summed E-state index contributed by atoms with van der Waals surface area (Å²) < 4.78 is 53.6. The zero-order valence-corrected chi connectivity index (χ0v) is 16.1. The molecule has 2 aromatic rings. The lowest BCUT2D eigenvalue weighted by atomic mass is 9.99. The van der Waals surface area contributed by atoms with Gasteiger partial charge in [-0.25, -0.2) is 4.39 Å². The first-order chi connectivity index (χ1) is 14.1. The first-order valence-corrected chi connectivity index (χ1v) is 9.48. The first-order valence-electron chi connectivity index (χ1n) is 9.48. The number of aryl methyl sites for hydroxylation is 1. The van der Waals surface area contributed by atoms with Gasteiger partial charge in [0, 0.05) is 18.7 Å². The third kappa shape index (κ3) is 3.59. The minimum atomic E-state index is -4.56. The number of nitrogens with zero attached hydrogens (tertiary/aromatic N) is 2. The number of fused-ring (bicyclic) bond motifs is 1. The number of benzene rings is 2. The molecule has 0 aromatic heterocycles. The number of hydrogen-bond donors (Lipinski definition) is 1. The summed E-state index contributed by atoms with van der Waals surface area (Å²) in [6.45, 7) is 1.93. The van der Waals surface area contributed by atoms with Crippen LogP contribution >= 0.6 is 0 Å². The topological polar surface area (TPSA) is 52.6 Å². The van der Waals surface area contributed by atoms with Crippen molar-refractivity contribution in [2.24, 2.45) is 0 Å². The van der Waals surface area contributed by atoms with E-state index in [2.05, 4.69) is 5.32 Å². The fourth-order valence-corrected chi connectivity index (χ4v) is 3.95. The van der Waals surface area contributed by atoms with Gasteiger partial charge in [-0.05, 0) is 55.3 Å². The van der Waals surface area contributed by atoms with Crippen molar-refractivity contribution in [3.8, 4) is 0 Å². The van der Waals surface area contributed by atoms with Gasteiger partial charge < -0.3 is 15.1 Å². The van der Waals surface area contributed by atoms with Crippen molar-refractivity contribution in [2.75, 3.05) is 18.1 Å². The smallest absolute Gasteiger partial charge is 0.354 e. The van der Waals surface area contributed by atoms with E-state index in [4.69, 9.17) is 0 Å². The molecule has 5 nitrogen and oxygen atoms in total. The summed E-state index contributed by atoms with van der Waals surface area (Å²) in [7, 11) is 0. The summed E-state index contributed by atoms with van der Waals surface area (Å²) in [6.07, 6.45) is -3.83. The molecule has 30 heavy (non-hydrogen) atoms. The Labute approximate surface area is 170 Å². The van der Waals surface area contributed by atoms with Crippen molar-refractivity contribution < 1.29 is 27.2 Å². The van der Waals surface area contributed by atoms with Crippen molar-refractivity contribution in [3.05, 3.63) is 58.9 Å². The zero-order valence-electron chi connectivity index (χ0n) is 16.1. The van der Waals surface area contributed by atoms with Gasteiger partial charge in [0.1, 0.15) is 5.82 Å². The van der Waals surface area contributed by atoms with Gasteiger partial charge in [-0.1, -0.05) is 0 Å². The Morgan fingerprint density at radius 1 is 1.07 bits per heavy atom. The number of halogens is 4. The van der Waals surface area contributed by atoms with Crippen LogP contribution in [0.15, 0.2) is 36.4 Å². The van der Waals surface area contributed by atoms with Gasteiger partial charge in [-0.3, -0.25) is 9.59 Å². The van der Waals surface area contributed by atoms with E-state index in [0.717, 1.165) is 12.1 Å². The van der Waals surface area contributed by atoms with Crippen LogP contribution in [0.4, 0.5) is 28.9 Å². The summed E-state index contributed by atoms with van der Waals surface area (Å²) in [5, 5.41) is 2.73. The Kier molecular flexibility index (Phi) is 4.91. The normalized spacial score (nSPS) is 19.6. The Morgan fingerprint density at radius 3 is 2.47 bits per heavy atom. The lowest BCUT2D eigenvalue weighted by Crippen LogP contribution is -2.55. The highest BCUT2D eigenvalue weighted by Gasteiger charge is 2.38. The highest BCUT2D eigenvalue weighted by Crippen LogP contribution is 2.40. The molecule has 2 aromatic carbocycles. The third-order valence-electron chi connectivity index (χ3n) is 5.53. The minimum Gasteiger partial charge on any atom is -0.354 e. The Bertz CT molecular complexity index is 1010. The average Bonchev–Trinajstić information content (AvgIpc) is 2.69. The predicted molar refractivity (Wildman–Crippen MR) is 102 cm³/mol. The van der Waals surface area contributed by atoms with E-state index in [0.29, 0.717) is 17.7 Å². The van der Waals surface area contributed by atoms with E-state index >= 15 is 0 Å². The molecule has 0 saturated carbocycles. The molecule has 1 atom stereocenters. The summed E-state index contributed by atoms with van der Waals surface area (Å²) in [4.78, 5) is 27.8. The summed E-state index contributed by atoms with van der Waals surface area (Å²) >= 11 is 0. The molecule has 0 spiro atoms. The van der Waals surface area contributed by atoms with Gasteiger partial charge in [-0.2, -0.15) is 13.2 Å². The number of hydrogen-bond acceptors (Lipinski definition) is 3. The second-order valence-corrected chi connectivity index (χ2v) is 7.50. The molecule has 2 aliphatic rings. The molecule has 1 fully saturated rings. The van der Waals surface area contributed by atoms with Crippen molar-refractivity contribution in [1.29, 1.82) is 0 Å². The van der Waals surface area contributed by atoms with Crippen LogP contribution in [0.3, 0.4) is 0 Å². The van der Waals surface area contributed by atoms with Gasteiger partial charge in [0.05, 0.1) is 29.5 Å². The molecule has 2 amide bonds. The zero-order chi connectivity index (χ0) is 21.6. The predicted octanol–water partition coefficient (Wildman–Crippen LogP) is 3.98. The summed E-state index contributed by atoms with van der Waals surface area (Å²) in [6, 6.07) is 6.76. The molecule has 1 unspecified atom stereocenters. The van der Waals surface area contributed by atoms with Gasteiger partial charge in [0.2, 0.25) is 5.91 Å². The number of carbonyl (C=O) groups is 2. The molecule has 4 rings (SSSR count). The molecule has 2 heterocycles. The van der Waals surface area contributed by atoms with E-state index in [1.54, 1.807) is 16.7 Å². The standard InChI is InChI=1S/C21H19F4N3O2/c1-12-8-14(22)3-6-17(12)28-11-27(15-4-7-19(29)26-10-15)20(30)16-5-2-13(9-18(16)28)21(23,24)25/h2-3,5-6,8-9,15H,4,7,10-11H2,1H3,(H,26,29). The Hall–Kier alpha value is -3.10. The Balaban J connectivity index is 1.81. The number of piperidine rings is 1. The van der Waals surface area contributed by atoms with Crippen LogP contribution < -0.4 is 10.2 Å². The quantitative estimate of drug-likeness (QED) is 0.747. The summed E-state index contributed by atoms with van der Waals surface area (Å²) in [5.41, 5.74) is 0.437. The molecule has 1 saturated heterocycles. The van der Waals surface area contributed by atoms with Crippen LogP contribution in [-0.4, -0.2) is 36.0 Å². The lowest BCUT2D eigenvalue weighted by Gasteiger charge is -2.43. The second kappa shape index (κ2) is 7.30. The van der Waals surface area contributed by atoms with Crippen molar-refractivity contribution >= 4 is 23.2 Å². The maximum absolute atomic E-state index is 13.6. The van der Waals surface area contributed by atoms with Crippen LogP contribution in [0.2, 0.25) is 0 Å². The SMILES string of the molecule is Cc1cc(F)ccc1N1CN(C2CCC(=O)NC2)C(=O)c2ccc(C(F)(F)F)cc21. The van der Waals surface area contributed by atoms with E-state index in [-0.39, 0.29) is 42.8 Å². The van der Waals surface area contributed by atoms with Crippen LogP contribution in [0, 0.1) is 12.7 Å². The molecule has 9 heteroatoms. The highest BCUT2D eigenvalue weighted by atomic mass is 19.4. The molecule has 0 aliphatic carbocycles. The minimum absolute atomic E-state index is 0.000152. The van der Waals surface area contributed by atoms with Crippen LogP contribution in [0.5, 0.6) is 0 Å². The first kappa shape index (κ1) is 20.2. The number of alkyl halides is 3. The maximum atomic E-state index is 13.6. The number of amides is 2. The van der Waals surface area contributed by atoms with Crippen molar-refractivity contribution in [2.45, 2.75) is 32.0 Å². The maximum Gasteiger partial charge on any atom is 0.416 e. The second-order valence-electron chi connectivity index (χ2n) is 7.50. The fourth-order valence-electron chi connectivity index (χ4n) is 3.95. The molecule has 2 aliphatic heterocycles. The van der Waals surface area contributed by atoms with E-state index in [1.807, 2.05) is 0 Å². The van der Waals surface area contributed by atoms with E-state index in [9.17, 15) is 27.2 Å². The van der Waals surface area contributed by atoms with E-state index in [1.165, 1.54) is 24.3 Å². The average molecular weight is 421 g/mol. The highest BCUT2D eigenvalue weighted by molar-refractivity contribution is 6.03. The lowest BCUT2D eigenvalue weighted by molar-refractivity contribution is -0.137. The number of carbonyl (C=O) groups excluding carboxylic acids is 2. The number of anilines is 2. The molecular formula is C21H19F4N3O2. The van der Waals surface area contributed by atoms with Crippen molar-refractivity contribution in [1.82, 2.24) is 10.2 Å². The van der Waals surface area contributed by atoms with Crippen molar-refractivity contribution in [3.63, 3.8) is 0 Å². The Morgan fingerprint density at radius 2 is 1.83 bits per heavy atom. The summed E-state index contributed by atoms with van der Waals surface area (Å²) in [5.74, 6) is -0.950. The van der Waals surface area contributed by atoms with Gasteiger partial charge >= 0.3 is 6.18 Å². The number of nitrogens with one attached hydrogen (secondary N) is 1. The molecular weight excluding hydrogens is 402 g/mol. The van der Waals surface area contributed by atoms with Gasteiger partial charge in [-0.15, -0.1) is 0 Å². The van der Waals surface area contributed by atoms with Gasteiger partial charge in [0.15, 0.2) is 0 Å².